The summed E-state index contributed by atoms with van der Waals surface area (Å²) < 4.78 is 1.97. The first-order valence-corrected chi connectivity index (χ1v) is 2.96. The Balaban J connectivity index is 2.54. The molecule has 0 aliphatic carbocycles. The normalized spacial score (nSPS) is 20.3. The van der Waals surface area contributed by atoms with Gasteiger partial charge in [-0.25, -0.2) is 0 Å². The molecule has 0 aromatic rings. The third-order valence-electron chi connectivity index (χ3n) is 0.988. The second-order valence-corrected chi connectivity index (χ2v) is 2.37. The summed E-state index contributed by atoms with van der Waals surface area (Å²) in [5.41, 5.74) is 0. The largest absolute Gasteiger partial charge is 0.295 e. The Labute approximate surface area is 51.6 Å². The number of hydrogen-bond acceptors (Lipinski definition) is 2. The van der Waals surface area contributed by atoms with Gasteiger partial charge in [-0.3, -0.25) is 8.92 Å². The van der Waals surface area contributed by atoms with Crippen molar-refractivity contribution in [3.05, 3.63) is 0 Å². The summed E-state index contributed by atoms with van der Waals surface area (Å²) >= 11 is 3.31. The highest BCUT2D eigenvalue weighted by Crippen LogP contribution is 2.04. The van der Waals surface area contributed by atoms with Crippen LogP contribution in [0.2, 0.25) is 0 Å². The molecule has 40 valence electrons. The van der Waals surface area contributed by atoms with Crippen molar-refractivity contribution < 1.29 is 0 Å². The highest BCUT2D eigenvalue weighted by atomic mass is 79.9. The molecule has 0 amide bonds. The van der Waals surface area contributed by atoms with Crippen molar-refractivity contribution in [2.45, 2.75) is 6.92 Å². The van der Waals surface area contributed by atoms with E-state index in [0.29, 0.717) is 0 Å². The number of amidine groups is 1. The minimum Gasteiger partial charge on any atom is -0.295 e. The molecule has 0 fully saturated rings. The van der Waals surface area contributed by atoms with Gasteiger partial charge in [0.25, 0.3) is 0 Å². The van der Waals surface area contributed by atoms with E-state index in [-0.39, 0.29) is 0 Å². The van der Waals surface area contributed by atoms with Gasteiger partial charge in [0.2, 0.25) is 0 Å². The van der Waals surface area contributed by atoms with Crippen molar-refractivity contribution >= 4 is 22.0 Å². The standard InChI is InChI=1S/C4H7BrN2/c1-4-6-2-3-7(4)5/h2-3H2,1H3. The monoisotopic (exact) mass is 162 g/mol. The molecule has 3 heteroatoms. The molecule has 0 radical (unpaired) electrons. The summed E-state index contributed by atoms with van der Waals surface area (Å²) in [7, 11) is 0. The lowest BCUT2D eigenvalue weighted by atomic mass is 10.7. The predicted molar refractivity (Wildman–Crippen MR) is 33.6 cm³/mol. The van der Waals surface area contributed by atoms with Gasteiger partial charge in [-0.05, 0) is 6.92 Å². The van der Waals surface area contributed by atoms with Crippen LogP contribution in [-0.2, 0) is 0 Å². The maximum atomic E-state index is 4.11. The lowest BCUT2D eigenvalue weighted by molar-refractivity contribution is 0.755. The first kappa shape index (κ1) is 5.09. The van der Waals surface area contributed by atoms with Crippen molar-refractivity contribution in [2.24, 2.45) is 4.99 Å². The fraction of sp³-hybridized carbons (Fsp3) is 0.750. The summed E-state index contributed by atoms with van der Waals surface area (Å²) in [5.74, 6) is 1.08. The Kier molecular flexibility index (Phi) is 1.32. The van der Waals surface area contributed by atoms with E-state index in [2.05, 4.69) is 21.1 Å². The molecule has 0 saturated carbocycles. The third-order valence-corrected chi connectivity index (χ3v) is 1.86. The maximum absolute atomic E-state index is 4.11. The van der Waals surface area contributed by atoms with Crippen LogP contribution in [0, 0.1) is 0 Å². The van der Waals surface area contributed by atoms with Gasteiger partial charge >= 0.3 is 0 Å². The smallest absolute Gasteiger partial charge is 0.106 e. The van der Waals surface area contributed by atoms with E-state index in [9.17, 15) is 0 Å². The average Bonchev–Trinajstić information content (AvgIpc) is 1.91. The molecule has 1 aliphatic rings. The second kappa shape index (κ2) is 1.82. The Bertz CT molecular complexity index is 99.9. The van der Waals surface area contributed by atoms with E-state index < -0.39 is 0 Å². The van der Waals surface area contributed by atoms with E-state index >= 15 is 0 Å². The van der Waals surface area contributed by atoms with Gasteiger partial charge in [-0.1, -0.05) is 0 Å². The molecule has 0 saturated heterocycles. The van der Waals surface area contributed by atoms with Crippen LogP contribution in [0.25, 0.3) is 0 Å². The first-order chi connectivity index (χ1) is 3.30. The lowest BCUT2D eigenvalue weighted by Crippen LogP contribution is -2.11. The van der Waals surface area contributed by atoms with E-state index in [4.69, 9.17) is 0 Å². The van der Waals surface area contributed by atoms with Gasteiger partial charge in [-0.15, -0.1) is 0 Å². The fourth-order valence-corrected chi connectivity index (χ4v) is 0.809. The van der Waals surface area contributed by atoms with E-state index in [1.165, 1.54) is 0 Å². The van der Waals surface area contributed by atoms with Crippen molar-refractivity contribution in [2.75, 3.05) is 13.1 Å². The van der Waals surface area contributed by atoms with E-state index in [0.717, 1.165) is 18.9 Å². The molecular formula is C4H7BrN2. The molecule has 0 aromatic heterocycles. The number of aliphatic imine (C=N–C) groups is 1. The van der Waals surface area contributed by atoms with E-state index in [1.54, 1.807) is 0 Å². The lowest BCUT2D eigenvalue weighted by Gasteiger charge is -2.03. The van der Waals surface area contributed by atoms with Crippen LogP contribution in [0.5, 0.6) is 0 Å². The predicted octanol–water partition coefficient (Wildman–Crippen LogP) is 1.03. The molecule has 7 heavy (non-hydrogen) atoms. The van der Waals surface area contributed by atoms with Gasteiger partial charge in [0.05, 0.1) is 29.2 Å². The van der Waals surface area contributed by atoms with Gasteiger partial charge in [0, 0.05) is 0 Å². The van der Waals surface area contributed by atoms with Crippen molar-refractivity contribution in [3.8, 4) is 0 Å². The molecule has 1 heterocycles. The third kappa shape index (κ3) is 0.938. The number of hydrogen-bond donors (Lipinski definition) is 0. The maximum Gasteiger partial charge on any atom is 0.106 e. The molecule has 1 rings (SSSR count). The minimum atomic E-state index is 0.942. The van der Waals surface area contributed by atoms with Gasteiger partial charge in [0.15, 0.2) is 0 Å². The average molecular weight is 163 g/mol. The summed E-state index contributed by atoms with van der Waals surface area (Å²) in [6, 6.07) is 0. The van der Waals surface area contributed by atoms with Crippen LogP contribution in [0.4, 0.5) is 0 Å². The number of halogens is 1. The quantitative estimate of drug-likeness (QED) is 0.487. The van der Waals surface area contributed by atoms with Crippen molar-refractivity contribution in [3.63, 3.8) is 0 Å². The van der Waals surface area contributed by atoms with Crippen LogP contribution in [-0.4, -0.2) is 22.9 Å². The van der Waals surface area contributed by atoms with Crippen LogP contribution >= 0.6 is 16.1 Å². The molecule has 0 spiro atoms. The van der Waals surface area contributed by atoms with Crippen LogP contribution < -0.4 is 0 Å². The molecule has 0 atom stereocenters. The zero-order chi connectivity index (χ0) is 5.28. The minimum absolute atomic E-state index is 0.942. The summed E-state index contributed by atoms with van der Waals surface area (Å²) in [5, 5.41) is 0. The Morgan fingerprint density at radius 1 is 1.86 bits per heavy atom. The van der Waals surface area contributed by atoms with Gasteiger partial charge in [0.1, 0.15) is 5.84 Å². The second-order valence-electron chi connectivity index (χ2n) is 1.51. The molecule has 2 nitrogen and oxygen atoms in total. The van der Waals surface area contributed by atoms with Crippen LogP contribution in [0.15, 0.2) is 4.99 Å². The molecule has 0 unspecified atom stereocenters. The highest BCUT2D eigenvalue weighted by molar-refractivity contribution is 9.07. The Morgan fingerprint density at radius 3 is 2.71 bits per heavy atom. The Hall–Kier alpha value is -0.0500. The molecule has 0 aromatic carbocycles. The summed E-state index contributed by atoms with van der Waals surface area (Å²) in [6.07, 6.45) is 0. The molecule has 0 bridgehead atoms. The van der Waals surface area contributed by atoms with Crippen molar-refractivity contribution in [1.29, 1.82) is 0 Å². The van der Waals surface area contributed by atoms with Crippen molar-refractivity contribution in [1.82, 2.24) is 3.93 Å². The molecule has 0 N–H and O–H groups in total. The van der Waals surface area contributed by atoms with Gasteiger partial charge < -0.3 is 0 Å². The van der Waals surface area contributed by atoms with E-state index in [1.807, 2.05) is 10.8 Å². The molecule has 1 aliphatic heterocycles. The molecular weight excluding hydrogens is 156 g/mol. The zero-order valence-corrected chi connectivity index (χ0v) is 5.77. The topological polar surface area (TPSA) is 15.6 Å². The SMILES string of the molecule is CC1=NCCN1Br. The zero-order valence-electron chi connectivity index (χ0n) is 4.19. The first-order valence-electron chi connectivity index (χ1n) is 2.25. The van der Waals surface area contributed by atoms with Crippen LogP contribution in [0.3, 0.4) is 0 Å². The summed E-state index contributed by atoms with van der Waals surface area (Å²) in [6.45, 7) is 3.95. The summed E-state index contributed by atoms with van der Waals surface area (Å²) in [4.78, 5) is 4.11. The number of nitrogens with zero attached hydrogens (tertiary/aromatic N) is 2. The van der Waals surface area contributed by atoms with Crippen LogP contribution in [0.1, 0.15) is 6.92 Å². The van der Waals surface area contributed by atoms with Gasteiger partial charge in [-0.2, -0.15) is 0 Å². The fourth-order valence-electron chi connectivity index (χ4n) is 0.538. The number of rotatable bonds is 0. The highest BCUT2D eigenvalue weighted by Gasteiger charge is 2.06. The Morgan fingerprint density at radius 2 is 2.57 bits per heavy atom.